The van der Waals surface area contributed by atoms with Crippen LogP contribution in [0.15, 0.2) is 58.3 Å². The summed E-state index contributed by atoms with van der Waals surface area (Å²) in [5.41, 5.74) is 1.88. The average Bonchev–Trinajstić information content (AvgIpc) is 3.16. The number of halogens is 2. The first-order chi connectivity index (χ1) is 13.6. The van der Waals surface area contributed by atoms with E-state index in [2.05, 4.69) is 71.0 Å². The van der Waals surface area contributed by atoms with E-state index in [1.807, 2.05) is 6.92 Å². The molecule has 0 radical (unpaired) electrons. The van der Waals surface area contributed by atoms with Gasteiger partial charge in [-0.25, -0.2) is 4.99 Å². The molecule has 0 saturated carbocycles. The molecule has 1 amide bonds. The van der Waals surface area contributed by atoms with Crippen LogP contribution >= 0.6 is 39.9 Å². The van der Waals surface area contributed by atoms with Crippen molar-refractivity contribution in [3.63, 3.8) is 0 Å². The van der Waals surface area contributed by atoms with E-state index in [-0.39, 0.29) is 42.5 Å². The summed E-state index contributed by atoms with van der Waals surface area (Å²) in [4.78, 5) is 22.9. The molecule has 0 aliphatic carbocycles. The molecule has 1 unspecified atom stereocenters. The van der Waals surface area contributed by atoms with Gasteiger partial charge in [0.25, 0.3) is 0 Å². The van der Waals surface area contributed by atoms with Crippen LogP contribution in [-0.2, 0) is 4.79 Å². The van der Waals surface area contributed by atoms with Crippen molar-refractivity contribution >= 4 is 63.1 Å². The van der Waals surface area contributed by atoms with Gasteiger partial charge in [-0.05, 0) is 49.7 Å². The molecule has 7 nitrogen and oxygen atoms in total. The Kier molecular flexibility index (Phi) is 9.65. The highest BCUT2D eigenvalue weighted by Crippen LogP contribution is 2.22. The van der Waals surface area contributed by atoms with E-state index in [1.165, 1.54) is 5.69 Å². The first-order valence-electron chi connectivity index (χ1n) is 9.39. The lowest BCUT2D eigenvalue weighted by Gasteiger charge is -2.20. The Morgan fingerprint density at radius 3 is 2.79 bits per heavy atom. The molecular formula is C20H26BrIN6O. The molecule has 1 aliphatic heterocycles. The maximum absolute atomic E-state index is 12.1. The third kappa shape index (κ3) is 7.46. The normalized spacial score (nSPS) is 16.1. The molecule has 1 aliphatic rings. The minimum atomic E-state index is -0.173. The molecule has 1 fully saturated rings. The van der Waals surface area contributed by atoms with Gasteiger partial charge in [0, 0.05) is 42.0 Å². The fraction of sp³-hybridized carbons (Fsp3) is 0.350. The Morgan fingerprint density at radius 1 is 1.31 bits per heavy atom. The van der Waals surface area contributed by atoms with Crippen LogP contribution in [0.3, 0.4) is 0 Å². The zero-order chi connectivity index (χ0) is 19.8. The molecule has 3 N–H and O–H groups in total. The number of pyridine rings is 1. The number of rotatable bonds is 6. The summed E-state index contributed by atoms with van der Waals surface area (Å²) in [6.45, 7) is 4.68. The van der Waals surface area contributed by atoms with E-state index in [9.17, 15) is 4.79 Å². The summed E-state index contributed by atoms with van der Waals surface area (Å²) in [5.74, 6) is 0.486. The second-order valence-corrected chi connectivity index (χ2v) is 7.45. The van der Waals surface area contributed by atoms with Gasteiger partial charge in [0.15, 0.2) is 5.96 Å². The van der Waals surface area contributed by atoms with Gasteiger partial charge in [0.1, 0.15) is 6.54 Å². The van der Waals surface area contributed by atoms with Crippen molar-refractivity contribution < 1.29 is 4.79 Å². The minimum absolute atomic E-state index is 0. The molecule has 156 valence electrons. The van der Waals surface area contributed by atoms with Crippen LogP contribution in [-0.4, -0.2) is 49.1 Å². The van der Waals surface area contributed by atoms with Crippen molar-refractivity contribution in [1.29, 1.82) is 0 Å². The number of aliphatic imine (C=N–C) groups is 1. The Morgan fingerprint density at radius 2 is 2.10 bits per heavy atom. The van der Waals surface area contributed by atoms with Gasteiger partial charge in [0.2, 0.25) is 5.91 Å². The zero-order valence-electron chi connectivity index (χ0n) is 16.3. The molecule has 3 rings (SSSR count). The summed E-state index contributed by atoms with van der Waals surface area (Å²) in [6, 6.07) is 12.2. The van der Waals surface area contributed by atoms with E-state index >= 15 is 0 Å². The molecule has 1 atom stereocenters. The van der Waals surface area contributed by atoms with Crippen molar-refractivity contribution in [2.24, 2.45) is 4.99 Å². The Labute approximate surface area is 196 Å². The molecular weight excluding hydrogens is 547 g/mol. The largest absolute Gasteiger partial charge is 0.369 e. The first kappa shape index (κ1) is 23.4. The van der Waals surface area contributed by atoms with E-state index in [0.717, 1.165) is 30.5 Å². The smallest absolute Gasteiger partial charge is 0.246 e. The van der Waals surface area contributed by atoms with E-state index < -0.39 is 0 Å². The molecule has 9 heteroatoms. The Bertz CT molecular complexity index is 802. The van der Waals surface area contributed by atoms with Gasteiger partial charge < -0.3 is 20.9 Å². The van der Waals surface area contributed by atoms with Gasteiger partial charge in [-0.15, -0.1) is 24.0 Å². The number of nitrogens with one attached hydrogen (secondary N) is 3. The molecule has 2 aromatic rings. The number of anilines is 2. The van der Waals surface area contributed by atoms with Crippen LogP contribution in [0.5, 0.6) is 0 Å². The zero-order valence-corrected chi connectivity index (χ0v) is 20.2. The Balaban J connectivity index is 0.00000300. The third-order valence-electron chi connectivity index (χ3n) is 4.39. The highest BCUT2D eigenvalue weighted by atomic mass is 127. The van der Waals surface area contributed by atoms with Gasteiger partial charge in [0.05, 0.1) is 11.9 Å². The Hall–Kier alpha value is -1.88. The first-order valence-corrected chi connectivity index (χ1v) is 10.2. The predicted molar refractivity (Wildman–Crippen MR) is 132 cm³/mol. The van der Waals surface area contributed by atoms with Crippen molar-refractivity contribution in [2.45, 2.75) is 19.4 Å². The molecule has 1 aromatic carbocycles. The number of hydrogen-bond acceptors (Lipinski definition) is 4. The number of carbonyl (C=O) groups is 1. The van der Waals surface area contributed by atoms with Gasteiger partial charge >= 0.3 is 0 Å². The van der Waals surface area contributed by atoms with Crippen molar-refractivity contribution in [3.05, 3.63) is 53.3 Å². The fourth-order valence-electron chi connectivity index (χ4n) is 3.07. The SMILES string of the molecule is CCNC(=NCC(=O)Nc1cccnc1)NC1CCN(c2ccc(Br)cc2)C1.I. The quantitative estimate of drug-likeness (QED) is 0.281. The number of guanidine groups is 1. The lowest BCUT2D eigenvalue weighted by molar-refractivity contribution is -0.114. The van der Waals surface area contributed by atoms with Gasteiger partial charge in [-0.2, -0.15) is 0 Å². The summed E-state index contributed by atoms with van der Waals surface area (Å²) in [6.07, 6.45) is 4.29. The number of amides is 1. The van der Waals surface area contributed by atoms with E-state index in [0.29, 0.717) is 11.6 Å². The van der Waals surface area contributed by atoms with E-state index in [4.69, 9.17) is 0 Å². The standard InChI is InChI=1S/C20H25BrN6O.HI/c1-2-23-20(24-13-19(28)25-16-4-3-10-22-12-16)26-17-9-11-27(14-17)18-7-5-15(21)6-8-18;/h3-8,10,12,17H,2,9,11,13-14H2,1H3,(H,25,28)(H2,23,24,26);1H. The molecule has 1 saturated heterocycles. The minimum Gasteiger partial charge on any atom is -0.369 e. The maximum Gasteiger partial charge on any atom is 0.246 e. The number of aromatic nitrogens is 1. The van der Waals surface area contributed by atoms with Crippen LogP contribution in [0, 0.1) is 0 Å². The van der Waals surface area contributed by atoms with Crippen LogP contribution in [0.2, 0.25) is 0 Å². The highest BCUT2D eigenvalue weighted by molar-refractivity contribution is 14.0. The van der Waals surface area contributed by atoms with Gasteiger partial charge in [-0.1, -0.05) is 15.9 Å². The number of carbonyl (C=O) groups excluding carboxylic acids is 1. The van der Waals surface area contributed by atoms with Crippen LogP contribution < -0.4 is 20.9 Å². The summed E-state index contributed by atoms with van der Waals surface area (Å²) < 4.78 is 1.08. The number of benzene rings is 1. The topological polar surface area (TPSA) is 81.6 Å². The van der Waals surface area contributed by atoms with Crippen LogP contribution in [0.25, 0.3) is 0 Å². The monoisotopic (exact) mass is 572 g/mol. The summed E-state index contributed by atoms with van der Waals surface area (Å²) >= 11 is 3.47. The van der Waals surface area contributed by atoms with E-state index in [1.54, 1.807) is 24.5 Å². The summed E-state index contributed by atoms with van der Waals surface area (Å²) in [5, 5.41) is 9.45. The third-order valence-corrected chi connectivity index (χ3v) is 4.92. The van der Waals surface area contributed by atoms with Crippen LogP contribution in [0.4, 0.5) is 11.4 Å². The maximum atomic E-state index is 12.1. The fourth-order valence-corrected chi connectivity index (χ4v) is 3.33. The van der Waals surface area contributed by atoms with Crippen molar-refractivity contribution in [2.75, 3.05) is 36.4 Å². The van der Waals surface area contributed by atoms with Crippen molar-refractivity contribution in [1.82, 2.24) is 15.6 Å². The average molecular weight is 573 g/mol. The second-order valence-electron chi connectivity index (χ2n) is 6.54. The number of hydrogen-bond donors (Lipinski definition) is 3. The predicted octanol–water partition coefficient (Wildman–Crippen LogP) is 3.23. The lowest BCUT2D eigenvalue weighted by Crippen LogP contribution is -2.45. The number of nitrogens with zero attached hydrogens (tertiary/aromatic N) is 3. The molecule has 29 heavy (non-hydrogen) atoms. The lowest BCUT2D eigenvalue weighted by atomic mass is 10.3. The van der Waals surface area contributed by atoms with Crippen LogP contribution in [0.1, 0.15) is 13.3 Å². The molecule has 1 aromatic heterocycles. The molecule has 2 heterocycles. The molecule has 0 bridgehead atoms. The highest BCUT2D eigenvalue weighted by Gasteiger charge is 2.23. The van der Waals surface area contributed by atoms with Crippen molar-refractivity contribution in [3.8, 4) is 0 Å². The second kappa shape index (κ2) is 12.0. The van der Waals surface area contributed by atoms with Gasteiger partial charge in [-0.3, -0.25) is 9.78 Å². The molecule has 0 spiro atoms. The summed E-state index contributed by atoms with van der Waals surface area (Å²) in [7, 11) is 0.